The number of halogens is 1. The van der Waals surface area contributed by atoms with E-state index in [4.69, 9.17) is 0 Å². The molecule has 2 aromatic rings. The molecule has 0 atom stereocenters. The molecule has 0 aliphatic heterocycles. The first-order chi connectivity index (χ1) is 12.8. The van der Waals surface area contributed by atoms with Crippen LogP contribution in [0.2, 0.25) is 0 Å². The molecule has 2 rings (SSSR count). The van der Waals surface area contributed by atoms with Crippen molar-refractivity contribution in [3.8, 4) is 0 Å². The van der Waals surface area contributed by atoms with Crippen LogP contribution in [0.25, 0.3) is 0 Å². The zero-order valence-corrected chi connectivity index (χ0v) is 16.3. The van der Waals surface area contributed by atoms with Crippen LogP contribution in [0.15, 0.2) is 41.4 Å². The number of nitrogens with one attached hydrogen (secondary N) is 2. The van der Waals surface area contributed by atoms with E-state index in [2.05, 4.69) is 19.9 Å². The molecule has 2 N–H and O–H groups in total. The first-order valence-electron chi connectivity index (χ1n) is 8.53. The number of aromatic nitrogens is 1. The summed E-state index contributed by atoms with van der Waals surface area (Å²) in [5, 5.41) is 2.58. The molecule has 1 aromatic carbocycles. The van der Waals surface area contributed by atoms with Gasteiger partial charge in [0.2, 0.25) is 10.0 Å². The minimum Gasteiger partial charge on any atom is -0.357 e. The molecular formula is C18H23FN4O3S. The van der Waals surface area contributed by atoms with E-state index in [0.29, 0.717) is 0 Å². The van der Waals surface area contributed by atoms with Gasteiger partial charge in [0.1, 0.15) is 11.6 Å². The molecule has 9 heteroatoms. The lowest BCUT2D eigenvalue weighted by molar-refractivity contribution is 0.0946. The Balaban J connectivity index is 2.11. The number of pyridine rings is 1. The average molecular weight is 394 g/mol. The Morgan fingerprint density at radius 1 is 1.19 bits per heavy atom. The number of carbonyl (C=O) groups is 1. The number of benzene rings is 1. The highest BCUT2D eigenvalue weighted by Crippen LogP contribution is 2.15. The minimum atomic E-state index is -3.77. The van der Waals surface area contributed by atoms with Crippen LogP contribution in [0, 0.1) is 5.82 Å². The second-order valence-corrected chi connectivity index (χ2v) is 7.62. The van der Waals surface area contributed by atoms with Crippen LogP contribution in [0.1, 0.15) is 29.8 Å². The topological polar surface area (TPSA) is 91.4 Å². The van der Waals surface area contributed by atoms with Crippen LogP contribution in [0.5, 0.6) is 0 Å². The van der Waals surface area contributed by atoms with Crippen molar-refractivity contribution in [3.63, 3.8) is 0 Å². The molecule has 0 unspecified atom stereocenters. The molecule has 0 bridgehead atoms. The van der Waals surface area contributed by atoms with Crippen molar-refractivity contribution in [3.05, 3.63) is 53.5 Å². The second-order valence-electron chi connectivity index (χ2n) is 5.73. The van der Waals surface area contributed by atoms with Crippen molar-refractivity contribution in [1.29, 1.82) is 0 Å². The minimum absolute atomic E-state index is 0.146. The molecule has 0 saturated heterocycles. The normalized spacial score (nSPS) is 11.3. The van der Waals surface area contributed by atoms with Gasteiger partial charge in [-0.25, -0.2) is 22.5 Å². The van der Waals surface area contributed by atoms with Gasteiger partial charge in [-0.2, -0.15) is 0 Å². The summed E-state index contributed by atoms with van der Waals surface area (Å²) in [6.07, 6.45) is 1.65. The van der Waals surface area contributed by atoms with Crippen molar-refractivity contribution >= 4 is 21.7 Å². The number of hydrogen-bond donors (Lipinski definition) is 2. The summed E-state index contributed by atoms with van der Waals surface area (Å²) in [4.78, 5) is 18.5. The summed E-state index contributed by atoms with van der Waals surface area (Å²) in [6, 6.07) is 6.76. The van der Waals surface area contributed by atoms with Gasteiger partial charge in [-0.05, 0) is 50.7 Å². The molecule has 146 valence electrons. The average Bonchev–Trinajstić information content (AvgIpc) is 2.68. The Bertz CT molecular complexity index is 897. The standard InChI is InChI=1S/C18H23FN4O3S/c1-4-23(5-2)17-9-6-13(11-21-17)12-22-18(24)15-10-14(7-8-16(15)19)27(25,26)20-3/h6-11,20H,4-5,12H2,1-3H3,(H,22,24). The Kier molecular flexibility index (Phi) is 6.86. The van der Waals surface area contributed by atoms with E-state index in [-0.39, 0.29) is 17.0 Å². The lowest BCUT2D eigenvalue weighted by Gasteiger charge is -2.19. The third-order valence-corrected chi connectivity index (χ3v) is 5.52. The smallest absolute Gasteiger partial charge is 0.254 e. The van der Waals surface area contributed by atoms with Gasteiger partial charge in [0, 0.05) is 25.8 Å². The first-order valence-corrected chi connectivity index (χ1v) is 10.0. The highest BCUT2D eigenvalue weighted by atomic mass is 32.2. The van der Waals surface area contributed by atoms with Crippen LogP contribution in [-0.4, -0.2) is 39.4 Å². The largest absolute Gasteiger partial charge is 0.357 e. The van der Waals surface area contributed by atoms with Gasteiger partial charge in [-0.1, -0.05) is 6.07 Å². The molecule has 27 heavy (non-hydrogen) atoms. The number of hydrogen-bond acceptors (Lipinski definition) is 5. The molecule has 7 nitrogen and oxygen atoms in total. The lowest BCUT2D eigenvalue weighted by Crippen LogP contribution is -2.25. The zero-order chi connectivity index (χ0) is 20.0. The summed E-state index contributed by atoms with van der Waals surface area (Å²) >= 11 is 0. The summed E-state index contributed by atoms with van der Waals surface area (Å²) in [5.74, 6) is -0.655. The molecule has 1 amide bonds. The van der Waals surface area contributed by atoms with Crippen LogP contribution >= 0.6 is 0 Å². The Labute approximate surface area is 158 Å². The fourth-order valence-electron chi connectivity index (χ4n) is 2.50. The summed E-state index contributed by atoms with van der Waals surface area (Å²) in [7, 11) is -2.52. The molecule has 0 fully saturated rings. The SMILES string of the molecule is CCN(CC)c1ccc(CNC(=O)c2cc(S(=O)(=O)NC)ccc2F)cn1. The quantitative estimate of drug-likeness (QED) is 0.714. The highest BCUT2D eigenvalue weighted by molar-refractivity contribution is 7.89. The van der Waals surface area contributed by atoms with Crippen molar-refractivity contribution in [2.75, 3.05) is 25.0 Å². The Hall–Kier alpha value is -2.52. The predicted octanol–water partition coefficient (Wildman–Crippen LogP) is 1.90. The maximum atomic E-state index is 14.0. The van der Waals surface area contributed by atoms with Gasteiger partial charge in [-0.15, -0.1) is 0 Å². The van der Waals surface area contributed by atoms with E-state index in [9.17, 15) is 17.6 Å². The molecule has 0 spiro atoms. The third-order valence-electron chi connectivity index (χ3n) is 4.11. The Morgan fingerprint density at radius 3 is 2.44 bits per heavy atom. The number of anilines is 1. The van der Waals surface area contributed by atoms with Gasteiger partial charge < -0.3 is 10.2 Å². The number of sulfonamides is 1. The molecule has 0 saturated carbocycles. The lowest BCUT2D eigenvalue weighted by atomic mass is 10.2. The van der Waals surface area contributed by atoms with E-state index in [1.165, 1.54) is 7.05 Å². The van der Waals surface area contributed by atoms with Gasteiger partial charge >= 0.3 is 0 Å². The van der Waals surface area contributed by atoms with Crippen molar-refractivity contribution in [1.82, 2.24) is 15.0 Å². The maximum Gasteiger partial charge on any atom is 0.254 e. The monoisotopic (exact) mass is 394 g/mol. The van der Waals surface area contributed by atoms with Crippen LogP contribution in [0.3, 0.4) is 0 Å². The molecule has 0 aliphatic carbocycles. The number of nitrogens with zero attached hydrogens (tertiary/aromatic N) is 2. The number of amides is 1. The predicted molar refractivity (Wildman–Crippen MR) is 102 cm³/mol. The maximum absolute atomic E-state index is 14.0. The van der Waals surface area contributed by atoms with E-state index < -0.39 is 21.7 Å². The van der Waals surface area contributed by atoms with Crippen molar-refractivity contribution in [2.45, 2.75) is 25.3 Å². The molecule has 0 radical (unpaired) electrons. The summed E-state index contributed by atoms with van der Waals surface area (Å²) in [6.45, 7) is 5.90. The van der Waals surface area contributed by atoms with Crippen LogP contribution < -0.4 is 14.9 Å². The van der Waals surface area contributed by atoms with E-state index in [1.807, 2.05) is 26.0 Å². The van der Waals surface area contributed by atoms with E-state index in [1.54, 1.807) is 6.20 Å². The molecule has 0 aliphatic rings. The molecule has 1 heterocycles. The number of carbonyl (C=O) groups excluding carboxylic acids is 1. The summed E-state index contributed by atoms with van der Waals surface area (Å²) < 4.78 is 39.7. The van der Waals surface area contributed by atoms with Crippen LogP contribution in [0.4, 0.5) is 10.2 Å². The van der Waals surface area contributed by atoms with E-state index >= 15 is 0 Å². The number of rotatable bonds is 8. The van der Waals surface area contributed by atoms with Crippen molar-refractivity contribution < 1.29 is 17.6 Å². The highest BCUT2D eigenvalue weighted by Gasteiger charge is 2.18. The van der Waals surface area contributed by atoms with Gasteiger partial charge in [-0.3, -0.25) is 4.79 Å². The fourth-order valence-corrected chi connectivity index (χ4v) is 3.25. The summed E-state index contributed by atoms with van der Waals surface area (Å²) in [5.41, 5.74) is 0.415. The molecular weight excluding hydrogens is 371 g/mol. The fraction of sp³-hybridized carbons (Fsp3) is 0.333. The first kappa shape index (κ1) is 20.8. The van der Waals surface area contributed by atoms with Crippen LogP contribution in [-0.2, 0) is 16.6 Å². The zero-order valence-electron chi connectivity index (χ0n) is 15.5. The van der Waals surface area contributed by atoms with Gasteiger partial charge in [0.15, 0.2) is 0 Å². The third kappa shape index (κ3) is 5.01. The van der Waals surface area contributed by atoms with Gasteiger partial charge in [0.25, 0.3) is 5.91 Å². The second kappa shape index (κ2) is 8.92. The van der Waals surface area contributed by atoms with Crippen molar-refractivity contribution in [2.24, 2.45) is 0 Å². The van der Waals surface area contributed by atoms with Gasteiger partial charge in [0.05, 0.1) is 10.5 Å². The van der Waals surface area contributed by atoms with E-state index in [0.717, 1.165) is 42.7 Å². The molecule has 1 aromatic heterocycles. The Morgan fingerprint density at radius 2 is 1.89 bits per heavy atom.